The Bertz CT molecular complexity index is 244. The standard InChI is InChI=1S/C11H15IS/c1-11(2,8-12)9-13-10-6-4-3-5-7-10/h3-7H,8-9H2,1-2H3. The summed E-state index contributed by atoms with van der Waals surface area (Å²) < 4.78 is 1.21. The van der Waals surface area contributed by atoms with E-state index in [0.29, 0.717) is 5.41 Å². The van der Waals surface area contributed by atoms with Crippen LogP contribution in [-0.4, -0.2) is 10.2 Å². The second-order valence-corrected chi connectivity index (χ2v) is 5.71. The first-order chi connectivity index (χ1) is 6.14. The number of halogens is 1. The molecule has 0 aromatic heterocycles. The van der Waals surface area contributed by atoms with Gasteiger partial charge in [-0.1, -0.05) is 54.6 Å². The lowest BCUT2D eigenvalue weighted by atomic mass is 10.0. The number of thioether (sulfide) groups is 1. The van der Waals surface area contributed by atoms with E-state index in [-0.39, 0.29) is 0 Å². The van der Waals surface area contributed by atoms with Crippen molar-refractivity contribution >= 4 is 34.4 Å². The lowest BCUT2D eigenvalue weighted by Gasteiger charge is -2.20. The van der Waals surface area contributed by atoms with Gasteiger partial charge >= 0.3 is 0 Å². The Kier molecular flexibility index (Phi) is 4.59. The Morgan fingerprint density at radius 2 is 1.85 bits per heavy atom. The average Bonchev–Trinajstić information content (AvgIpc) is 2.17. The molecule has 72 valence electrons. The van der Waals surface area contributed by atoms with Crippen LogP contribution in [0.15, 0.2) is 35.2 Å². The smallest absolute Gasteiger partial charge is 0.00721 e. The molecule has 0 unspecified atom stereocenters. The van der Waals surface area contributed by atoms with Crippen LogP contribution < -0.4 is 0 Å². The van der Waals surface area contributed by atoms with Gasteiger partial charge in [0, 0.05) is 15.1 Å². The van der Waals surface area contributed by atoms with Gasteiger partial charge in [0.15, 0.2) is 0 Å². The Morgan fingerprint density at radius 3 is 2.38 bits per heavy atom. The number of hydrogen-bond acceptors (Lipinski definition) is 1. The molecule has 1 aromatic rings. The van der Waals surface area contributed by atoms with E-state index in [2.05, 4.69) is 66.8 Å². The van der Waals surface area contributed by atoms with E-state index in [4.69, 9.17) is 0 Å². The summed E-state index contributed by atoms with van der Waals surface area (Å²) >= 11 is 4.41. The van der Waals surface area contributed by atoms with Crippen molar-refractivity contribution in [2.24, 2.45) is 5.41 Å². The molecule has 0 saturated heterocycles. The van der Waals surface area contributed by atoms with Crippen molar-refractivity contribution in [3.05, 3.63) is 30.3 Å². The van der Waals surface area contributed by atoms with E-state index in [1.54, 1.807) is 0 Å². The van der Waals surface area contributed by atoms with Crippen molar-refractivity contribution < 1.29 is 0 Å². The molecule has 0 amide bonds. The van der Waals surface area contributed by atoms with Crippen molar-refractivity contribution in [3.8, 4) is 0 Å². The highest BCUT2D eigenvalue weighted by molar-refractivity contribution is 14.1. The SMILES string of the molecule is CC(C)(CI)CSc1ccccc1. The number of alkyl halides is 1. The molecular formula is C11H15IS. The molecule has 0 nitrogen and oxygen atoms in total. The maximum Gasteiger partial charge on any atom is 0.00721 e. The molecule has 0 aliphatic heterocycles. The van der Waals surface area contributed by atoms with Gasteiger partial charge in [-0.2, -0.15) is 0 Å². The van der Waals surface area contributed by atoms with Crippen LogP contribution in [0.5, 0.6) is 0 Å². The third-order valence-corrected chi connectivity index (χ3v) is 5.33. The van der Waals surface area contributed by atoms with E-state index < -0.39 is 0 Å². The molecule has 1 rings (SSSR count). The van der Waals surface area contributed by atoms with Crippen LogP contribution in [0, 0.1) is 5.41 Å². The predicted octanol–water partition coefficient (Wildman–Crippen LogP) is 4.24. The molecule has 0 N–H and O–H groups in total. The van der Waals surface area contributed by atoms with E-state index in [1.807, 2.05) is 11.8 Å². The van der Waals surface area contributed by atoms with E-state index in [0.717, 1.165) is 0 Å². The molecule has 0 aliphatic carbocycles. The fraction of sp³-hybridized carbons (Fsp3) is 0.455. The highest BCUT2D eigenvalue weighted by atomic mass is 127. The molecule has 0 atom stereocenters. The van der Waals surface area contributed by atoms with E-state index in [9.17, 15) is 0 Å². The third-order valence-electron chi connectivity index (χ3n) is 1.73. The fourth-order valence-corrected chi connectivity index (χ4v) is 2.48. The largest absolute Gasteiger partial charge is 0.126 e. The fourth-order valence-electron chi connectivity index (χ4n) is 0.834. The second kappa shape index (κ2) is 5.25. The molecule has 0 heterocycles. The molecule has 2 heteroatoms. The highest BCUT2D eigenvalue weighted by Gasteiger charge is 2.15. The topological polar surface area (TPSA) is 0 Å². The molecule has 0 saturated carbocycles. The van der Waals surface area contributed by atoms with Crippen LogP contribution in [0.4, 0.5) is 0 Å². The first-order valence-electron chi connectivity index (χ1n) is 4.38. The summed E-state index contributed by atoms with van der Waals surface area (Å²) in [5.41, 5.74) is 0.446. The summed E-state index contributed by atoms with van der Waals surface area (Å²) in [6.07, 6.45) is 0. The Balaban J connectivity index is 2.44. The lowest BCUT2D eigenvalue weighted by molar-refractivity contribution is 0.501. The molecule has 13 heavy (non-hydrogen) atoms. The van der Waals surface area contributed by atoms with Crippen molar-refractivity contribution in [2.45, 2.75) is 18.7 Å². The maximum atomic E-state index is 2.46. The number of benzene rings is 1. The number of hydrogen-bond donors (Lipinski definition) is 0. The minimum atomic E-state index is 0.446. The third kappa shape index (κ3) is 4.36. The van der Waals surface area contributed by atoms with Gasteiger partial charge in [-0.3, -0.25) is 0 Å². The summed E-state index contributed by atoms with van der Waals surface area (Å²) in [5, 5.41) is 0. The molecule has 0 spiro atoms. The minimum Gasteiger partial charge on any atom is -0.126 e. The van der Waals surface area contributed by atoms with Crippen molar-refractivity contribution in [2.75, 3.05) is 10.2 Å². The summed E-state index contributed by atoms with van der Waals surface area (Å²) in [4.78, 5) is 1.38. The van der Waals surface area contributed by atoms with Crippen LogP contribution >= 0.6 is 34.4 Å². The number of rotatable bonds is 4. The quantitative estimate of drug-likeness (QED) is 0.455. The average molecular weight is 306 g/mol. The van der Waals surface area contributed by atoms with Gasteiger partial charge in [-0.15, -0.1) is 11.8 Å². The summed E-state index contributed by atoms with van der Waals surface area (Å²) in [7, 11) is 0. The Morgan fingerprint density at radius 1 is 1.23 bits per heavy atom. The van der Waals surface area contributed by atoms with Gasteiger partial charge in [-0.25, -0.2) is 0 Å². The van der Waals surface area contributed by atoms with Gasteiger partial charge in [0.25, 0.3) is 0 Å². The van der Waals surface area contributed by atoms with Crippen molar-refractivity contribution in [1.82, 2.24) is 0 Å². The summed E-state index contributed by atoms with van der Waals surface area (Å²) in [5.74, 6) is 1.19. The monoisotopic (exact) mass is 306 g/mol. The van der Waals surface area contributed by atoms with Gasteiger partial charge in [-0.05, 0) is 17.5 Å². The van der Waals surface area contributed by atoms with Crippen LogP contribution in [0.25, 0.3) is 0 Å². The predicted molar refractivity (Wildman–Crippen MR) is 69.8 cm³/mol. The van der Waals surface area contributed by atoms with Gasteiger partial charge in [0.1, 0.15) is 0 Å². The van der Waals surface area contributed by atoms with E-state index >= 15 is 0 Å². The first kappa shape index (κ1) is 11.4. The minimum absolute atomic E-state index is 0.446. The molecule has 0 fully saturated rings. The highest BCUT2D eigenvalue weighted by Crippen LogP contribution is 2.28. The van der Waals surface area contributed by atoms with Crippen molar-refractivity contribution in [3.63, 3.8) is 0 Å². The zero-order chi connectivity index (χ0) is 9.73. The zero-order valence-corrected chi connectivity index (χ0v) is 11.1. The molecule has 1 aromatic carbocycles. The normalized spacial score (nSPS) is 11.6. The van der Waals surface area contributed by atoms with Crippen LogP contribution in [0.1, 0.15) is 13.8 Å². The van der Waals surface area contributed by atoms with Gasteiger partial charge < -0.3 is 0 Å². The van der Waals surface area contributed by atoms with Gasteiger partial charge in [0.2, 0.25) is 0 Å². The molecule has 0 aliphatic rings. The maximum absolute atomic E-state index is 2.46. The summed E-state index contributed by atoms with van der Waals surface area (Å²) in [6, 6.07) is 10.6. The zero-order valence-electron chi connectivity index (χ0n) is 8.09. The van der Waals surface area contributed by atoms with Crippen LogP contribution in [-0.2, 0) is 0 Å². The molecule has 0 bridgehead atoms. The van der Waals surface area contributed by atoms with Gasteiger partial charge in [0.05, 0.1) is 0 Å². The second-order valence-electron chi connectivity index (χ2n) is 3.90. The van der Waals surface area contributed by atoms with Crippen LogP contribution in [0.3, 0.4) is 0 Å². The molecule has 0 radical (unpaired) electrons. The van der Waals surface area contributed by atoms with Crippen LogP contribution in [0.2, 0.25) is 0 Å². The van der Waals surface area contributed by atoms with E-state index in [1.165, 1.54) is 15.1 Å². The Labute approximate surface area is 98.6 Å². The first-order valence-corrected chi connectivity index (χ1v) is 6.89. The Hall–Kier alpha value is 0.300. The lowest BCUT2D eigenvalue weighted by Crippen LogP contribution is -2.15. The summed E-state index contributed by atoms with van der Waals surface area (Å²) in [6.45, 7) is 4.63. The molecular weight excluding hydrogens is 291 g/mol. The van der Waals surface area contributed by atoms with Crippen molar-refractivity contribution in [1.29, 1.82) is 0 Å².